The van der Waals surface area contributed by atoms with Crippen molar-refractivity contribution in [1.29, 1.82) is 0 Å². The van der Waals surface area contributed by atoms with Gasteiger partial charge in [-0.15, -0.1) is 0 Å². The molecule has 26 heavy (non-hydrogen) atoms. The molecule has 1 atom stereocenters. The van der Waals surface area contributed by atoms with E-state index in [1.807, 2.05) is 17.9 Å². The van der Waals surface area contributed by atoms with Crippen LogP contribution in [0.2, 0.25) is 0 Å². The maximum atomic E-state index is 13.0. The zero-order chi connectivity index (χ0) is 18.9. The predicted molar refractivity (Wildman–Crippen MR) is 105 cm³/mol. The van der Waals surface area contributed by atoms with Crippen molar-refractivity contribution in [3.63, 3.8) is 0 Å². The monoisotopic (exact) mass is 380 g/mol. The highest BCUT2D eigenvalue weighted by Gasteiger charge is 2.33. The van der Waals surface area contributed by atoms with E-state index < -0.39 is 9.84 Å². The van der Waals surface area contributed by atoms with E-state index in [1.165, 1.54) is 37.8 Å². The first kappa shape index (κ1) is 19.6. The van der Waals surface area contributed by atoms with Gasteiger partial charge in [-0.05, 0) is 45.7 Å². The van der Waals surface area contributed by atoms with Gasteiger partial charge in [0, 0.05) is 29.0 Å². The van der Waals surface area contributed by atoms with Gasteiger partial charge in [-0.1, -0.05) is 26.2 Å². The molecule has 0 amide bonds. The van der Waals surface area contributed by atoms with E-state index in [0.29, 0.717) is 25.6 Å². The van der Waals surface area contributed by atoms with Crippen LogP contribution in [0.25, 0.3) is 0 Å². The van der Waals surface area contributed by atoms with Crippen LogP contribution in [-0.4, -0.2) is 54.3 Å². The Balaban J connectivity index is 1.75. The number of carbonyl (C=O) groups is 1. The van der Waals surface area contributed by atoms with Crippen molar-refractivity contribution in [1.82, 2.24) is 9.47 Å². The number of Topliss-reactive ketones (excluding diaryl/α,β-unsaturated/α-hetero) is 1. The summed E-state index contributed by atoms with van der Waals surface area (Å²) in [5.41, 5.74) is 3.06. The van der Waals surface area contributed by atoms with Gasteiger partial charge in [0.25, 0.3) is 0 Å². The highest BCUT2D eigenvalue weighted by molar-refractivity contribution is 7.91. The van der Waals surface area contributed by atoms with Crippen LogP contribution in [0, 0.1) is 13.8 Å². The molecule has 146 valence electrons. The highest BCUT2D eigenvalue weighted by atomic mass is 32.2. The quantitative estimate of drug-likeness (QED) is 0.711. The van der Waals surface area contributed by atoms with Crippen molar-refractivity contribution < 1.29 is 13.2 Å². The third-order valence-electron chi connectivity index (χ3n) is 6.20. The maximum absolute atomic E-state index is 13.0. The lowest BCUT2D eigenvalue weighted by molar-refractivity contribution is 0.0906. The fourth-order valence-electron chi connectivity index (χ4n) is 4.79. The largest absolute Gasteiger partial charge is 0.345 e. The maximum Gasteiger partial charge on any atom is 0.178 e. The Morgan fingerprint density at radius 2 is 1.88 bits per heavy atom. The molecule has 3 rings (SSSR count). The fourth-order valence-corrected chi connectivity index (χ4v) is 6.55. The Kier molecular flexibility index (Phi) is 5.92. The second-order valence-corrected chi connectivity index (χ2v) is 10.2. The first-order valence-corrected chi connectivity index (χ1v) is 11.8. The first-order valence-electron chi connectivity index (χ1n) is 9.98. The van der Waals surface area contributed by atoms with Crippen LogP contribution in [0.1, 0.15) is 73.2 Å². The molecule has 0 bridgehead atoms. The summed E-state index contributed by atoms with van der Waals surface area (Å²) in [6.45, 7) is 7.17. The predicted octanol–water partition coefficient (Wildman–Crippen LogP) is 3.30. The molecule has 1 unspecified atom stereocenters. The smallest absolute Gasteiger partial charge is 0.178 e. The number of sulfone groups is 1. The Morgan fingerprint density at radius 1 is 1.19 bits per heavy atom. The summed E-state index contributed by atoms with van der Waals surface area (Å²) in [5.74, 6) is 0.555. The Morgan fingerprint density at radius 3 is 2.46 bits per heavy atom. The van der Waals surface area contributed by atoms with E-state index in [4.69, 9.17) is 0 Å². The molecular weight excluding hydrogens is 348 g/mol. The molecule has 2 fully saturated rings. The van der Waals surface area contributed by atoms with E-state index in [2.05, 4.69) is 18.4 Å². The molecule has 1 saturated carbocycles. The molecule has 0 N–H and O–H groups in total. The Hall–Kier alpha value is -1.14. The number of aryl methyl sites for hydroxylation is 1. The summed E-state index contributed by atoms with van der Waals surface area (Å²) in [5, 5.41) is 0. The molecule has 6 heteroatoms. The average Bonchev–Trinajstić information content (AvgIpc) is 3.12. The summed E-state index contributed by atoms with van der Waals surface area (Å²) in [7, 11) is -2.93. The lowest BCUT2D eigenvalue weighted by atomic mass is 9.95. The lowest BCUT2D eigenvalue weighted by Gasteiger charge is -2.27. The minimum atomic E-state index is -2.93. The molecule has 2 aliphatic rings. The topological polar surface area (TPSA) is 59.4 Å². The molecule has 0 spiro atoms. The van der Waals surface area contributed by atoms with Crippen molar-refractivity contribution in [2.45, 2.75) is 71.4 Å². The number of ketones is 1. The molecule has 2 heterocycles. The van der Waals surface area contributed by atoms with Gasteiger partial charge in [0.05, 0.1) is 18.1 Å². The standard InChI is InChI=1S/C20H32N2O3S/c1-4-21(18-10-11-26(24,25)14-18)13-20(23)19-12-15(2)22(16(19)3)17-8-6-5-7-9-17/h12,17-18H,4-11,13-14H2,1-3H3. The lowest BCUT2D eigenvalue weighted by Crippen LogP contribution is -2.39. The van der Waals surface area contributed by atoms with Crippen molar-refractivity contribution in [2.75, 3.05) is 24.6 Å². The first-order chi connectivity index (χ1) is 12.3. The van der Waals surface area contributed by atoms with Crippen LogP contribution in [0.15, 0.2) is 6.07 Å². The molecule has 0 aromatic carbocycles. The van der Waals surface area contributed by atoms with Gasteiger partial charge in [0.1, 0.15) is 0 Å². The zero-order valence-corrected chi connectivity index (χ0v) is 17.1. The van der Waals surface area contributed by atoms with Crippen molar-refractivity contribution in [3.8, 4) is 0 Å². The molecule has 0 radical (unpaired) electrons. The average molecular weight is 381 g/mol. The molecule has 5 nitrogen and oxygen atoms in total. The number of aromatic nitrogens is 1. The number of hydrogen-bond acceptors (Lipinski definition) is 4. The third kappa shape index (κ3) is 4.06. The fraction of sp³-hybridized carbons (Fsp3) is 0.750. The number of carbonyl (C=O) groups excluding carboxylic acids is 1. The van der Waals surface area contributed by atoms with Gasteiger partial charge < -0.3 is 4.57 Å². The van der Waals surface area contributed by atoms with E-state index in [9.17, 15) is 13.2 Å². The minimum absolute atomic E-state index is 0.0178. The van der Waals surface area contributed by atoms with E-state index in [-0.39, 0.29) is 23.3 Å². The van der Waals surface area contributed by atoms with Gasteiger partial charge in [-0.3, -0.25) is 9.69 Å². The van der Waals surface area contributed by atoms with Gasteiger partial charge in [-0.25, -0.2) is 8.42 Å². The van der Waals surface area contributed by atoms with Gasteiger partial charge >= 0.3 is 0 Å². The van der Waals surface area contributed by atoms with Crippen LogP contribution in [-0.2, 0) is 9.84 Å². The molecule has 1 aliphatic heterocycles. The second-order valence-electron chi connectivity index (χ2n) is 7.99. The van der Waals surface area contributed by atoms with Crippen LogP contribution < -0.4 is 0 Å². The summed E-state index contributed by atoms with van der Waals surface area (Å²) in [6, 6.07) is 2.54. The Labute approximate surface area is 157 Å². The third-order valence-corrected chi connectivity index (χ3v) is 7.95. The van der Waals surface area contributed by atoms with Gasteiger partial charge in [0.15, 0.2) is 15.6 Å². The zero-order valence-electron chi connectivity index (χ0n) is 16.3. The number of nitrogens with zero attached hydrogens (tertiary/aromatic N) is 2. The SMILES string of the molecule is CCN(CC(=O)c1cc(C)n(C2CCCCC2)c1C)C1CCS(=O)(=O)C1. The van der Waals surface area contributed by atoms with Crippen molar-refractivity contribution >= 4 is 15.6 Å². The Bertz CT molecular complexity index is 760. The number of hydrogen-bond donors (Lipinski definition) is 0. The highest BCUT2D eigenvalue weighted by Crippen LogP contribution is 2.32. The van der Waals surface area contributed by atoms with Crippen LogP contribution in [0.5, 0.6) is 0 Å². The normalized spacial score (nSPS) is 23.6. The van der Waals surface area contributed by atoms with Gasteiger partial charge in [-0.2, -0.15) is 0 Å². The second kappa shape index (κ2) is 7.85. The minimum Gasteiger partial charge on any atom is -0.345 e. The number of rotatable bonds is 6. The molecule has 1 aliphatic carbocycles. The summed E-state index contributed by atoms with van der Waals surface area (Å²) in [4.78, 5) is 15.0. The molecule has 1 saturated heterocycles. The van der Waals surface area contributed by atoms with Gasteiger partial charge in [0.2, 0.25) is 0 Å². The van der Waals surface area contributed by atoms with Crippen molar-refractivity contribution in [3.05, 3.63) is 23.0 Å². The molecular formula is C20H32N2O3S. The number of likely N-dealkylation sites (N-methyl/N-ethyl adjacent to an activating group) is 1. The van der Waals surface area contributed by atoms with Crippen LogP contribution in [0.3, 0.4) is 0 Å². The molecule has 1 aromatic rings. The summed E-state index contributed by atoms with van der Waals surface area (Å²) in [6.07, 6.45) is 6.90. The summed E-state index contributed by atoms with van der Waals surface area (Å²) < 4.78 is 25.9. The van der Waals surface area contributed by atoms with Crippen LogP contribution in [0.4, 0.5) is 0 Å². The summed E-state index contributed by atoms with van der Waals surface area (Å²) >= 11 is 0. The van der Waals surface area contributed by atoms with E-state index in [1.54, 1.807) is 0 Å². The van der Waals surface area contributed by atoms with Crippen molar-refractivity contribution in [2.24, 2.45) is 0 Å². The molecule has 1 aromatic heterocycles. The van der Waals surface area contributed by atoms with Crippen LogP contribution >= 0.6 is 0 Å². The van der Waals surface area contributed by atoms with E-state index in [0.717, 1.165) is 11.3 Å². The van der Waals surface area contributed by atoms with E-state index >= 15 is 0 Å².